The van der Waals surface area contributed by atoms with E-state index in [-0.39, 0.29) is 88.3 Å². The summed E-state index contributed by atoms with van der Waals surface area (Å²) in [7, 11) is -9.41. The van der Waals surface area contributed by atoms with Gasteiger partial charge in [-0.15, -0.1) is 0 Å². The summed E-state index contributed by atoms with van der Waals surface area (Å²) in [5.41, 5.74) is 0. The van der Waals surface area contributed by atoms with Crippen molar-refractivity contribution in [3.63, 3.8) is 0 Å². The standard InChI is InChI=1S/C83H164N4O17P2/c1-7-13-19-25-29-33-35-39-41-47-53-59-79(88)86-75(71-97-67-63-77(57-51-45-23-17-11-5)103-81(90)61-55-49-43-37-31-27-21-15-9-3)73-101-105(93,94)99-69-65-84-83(92)85-66-70-100-106(95,96)102-74-76(87-80(89)60-54-48-42-40-36-34-30-26-20-14-8-2)72-98-68-64-78(58-52-46-24-18-12-6)104-82(91)62-56-50-44-38-32-28-22-16-10-4/h75-78H,7-74H2,1-6H3,(H,86,88)(H,87,89)(H,93,94)(H,95,96)(H2,84,85,92)/t75-,76-,77-,78-/m1/s1. The maximum absolute atomic E-state index is 13.3. The second-order valence-corrected chi connectivity index (χ2v) is 32.9. The Morgan fingerprint density at radius 1 is 0.292 bits per heavy atom. The van der Waals surface area contributed by atoms with Gasteiger partial charge in [-0.05, 0) is 51.4 Å². The van der Waals surface area contributed by atoms with Crippen LogP contribution >= 0.6 is 15.6 Å². The van der Waals surface area contributed by atoms with Crippen LogP contribution in [0.2, 0.25) is 0 Å². The normalized spacial score (nSPS) is 13.9. The Morgan fingerprint density at radius 2 is 0.538 bits per heavy atom. The van der Waals surface area contributed by atoms with Gasteiger partial charge in [-0.1, -0.05) is 324 Å². The number of rotatable bonds is 84. The molecule has 6 atom stereocenters. The fraction of sp³-hybridized carbons (Fsp3) is 0.940. The highest BCUT2D eigenvalue weighted by molar-refractivity contribution is 7.47. The molecule has 0 aromatic rings. The highest BCUT2D eigenvalue weighted by Gasteiger charge is 2.27. The van der Waals surface area contributed by atoms with E-state index in [1.807, 2.05) is 0 Å². The van der Waals surface area contributed by atoms with Gasteiger partial charge in [-0.3, -0.25) is 37.3 Å². The van der Waals surface area contributed by atoms with E-state index in [9.17, 15) is 42.9 Å². The van der Waals surface area contributed by atoms with Crippen LogP contribution in [0.15, 0.2) is 0 Å². The van der Waals surface area contributed by atoms with Crippen molar-refractivity contribution in [2.75, 3.05) is 65.9 Å². The Labute approximate surface area is 647 Å². The minimum Gasteiger partial charge on any atom is -0.462 e. The van der Waals surface area contributed by atoms with Crippen LogP contribution in [-0.4, -0.2) is 130 Å². The van der Waals surface area contributed by atoms with Gasteiger partial charge in [-0.25, -0.2) is 13.9 Å². The smallest absolute Gasteiger partial charge is 0.462 e. The summed E-state index contributed by atoms with van der Waals surface area (Å²) >= 11 is 0. The van der Waals surface area contributed by atoms with Gasteiger partial charge in [0, 0.05) is 51.6 Å². The molecule has 0 spiro atoms. The van der Waals surface area contributed by atoms with Crippen LogP contribution in [0.25, 0.3) is 0 Å². The predicted octanol–water partition coefficient (Wildman–Crippen LogP) is 22.1. The third-order valence-electron chi connectivity index (χ3n) is 19.5. The molecule has 0 fully saturated rings. The molecule has 0 aromatic heterocycles. The SMILES string of the molecule is CCCCCCCCCCCCCC(=O)N[C@H](COCC[C@@H](CCCCCCC)OC(=O)CCCCCCCCCCC)COP(=O)(O)OCCNC(=O)NCCOP(=O)(O)OC[C@@H](COCC[C@@H](CCCCCCC)OC(=O)CCCCCCCCCCC)NC(=O)CCCCCCCCCCCCC. The van der Waals surface area contributed by atoms with E-state index in [1.165, 1.54) is 167 Å². The molecule has 0 radical (unpaired) electrons. The Bertz CT molecular complexity index is 1960. The van der Waals surface area contributed by atoms with Crippen LogP contribution in [-0.2, 0) is 65.4 Å². The molecule has 0 rings (SSSR count). The lowest BCUT2D eigenvalue weighted by Gasteiger charge is -2.22. The van der Waals surface area contributed by atoms with E-state index in [0.29, 0.717) is 38.5 Å². The number of hydrogen-bond acceptors (Lipinski definition) is 15. The molecule has 628 valence electrons. The summed E-state index contributed by atoms with van der Waals surface area (Å²) in [4.78, 5) is 86.8. The molecule has 0 bridgehead atoms. The lowest BCUT2D eigenvalue weighted by atomic mass is 10.1. The number of phosphoric acid groups is 2. The zero-order valence-electron chi connectivity index (χ0n) is 68.8. The molecule has 0 aromatic carbocycles. The molecule has 6 N–H and O–H groups in total. The number of carbonyl (C=O) groups is 5. The fourth-order valence-electron chi connectivity index (χ4n) is 12.9. The average molecular weight is 1550 g/mol. The maximum Gasteiger partial charge on any atom is 0.472 e. The summed E-state index contributed by atoms with van der Waals surface area (Å²) < 4.78 is 71.7. The minimum absolute atomic E-state index is 0.0302. The second kappa shape index (κ2) is 77.6. The Kier molecular flexibility index (Phi) is 75.6. The number of carbonyl (C=O) groups excluding carboxylic acids is 5. The van der Waals surface area contributed by atoms with Crippen molar-refractivity contribution in [2.45, 2.75) is 438 Å². The van der Waals surface area contributed by atoms with Crippen LogP contribution < -0.4 is 21.3 Å². The van der Waals surface area contributed by atoms with Crippen molar-refractivity contribution in [1.29, 1.82) is 0 Å². The lowest BCUT2D eigenvalue weighted by molar-refractivity contribution is -0.151. The van der Waals surface area contributed by atoms with Gasteiger partial charge in [-0.2, -0.15) is 0 Å². The van der Waals surface area contributed by atoms with Crippen molar-refractivity contribution >= 4 is 45.4 Å². The molecule has 106 heavy (non-hydrogen) atoms. The number of urea groups is 1. The Morgan fingerprint density at radius 3 is 0.811 bits per heavy atom. The summed E-state index contributed by atoms with van der Waals surface area (Å²) in [5.74, 6) is -0.846. The zero-order valence-corrected chi connectivity index (χ0v) is 70.6. The van der Waals surface area contributed by atoms with Gasteiger partial charge in [0.05, 0.1) is 64.9 Å². The Balaban J connectivity index is 5.56. The number of hydrogen-bond donors (Lipinski definition) is 6. The molecule has 4 amide bonds. The number of phosphoric ester groups is 2. The zero-order chi connectivity index (χ0) is 77.8. The van der Waals surface area contributed by atoms with Gasteiger partial charge < -0.3 is 50.0 Å². The molecule has 2 unspecified atom stereocenters. The molecule has 21 nitrogen and oxygen atoms in total. The van der Waals surface area contributed by atoms with E-state index < -0.39 is 60.2 Å². The topological polar surface area (TPSA) is 282 Å². The summed E-state index contributed by atoms with van der Waals surface area (Å²) in [5, 5.41) is 10.8. The summed E-state index contributed by atoms with van der Waals surface area (Å²) in [6.45, 7) is 11.6. The van der Waals surface area contributed by atoms with Crippen LogP contribution in [0.1, 0.15) is 414 Å². The first-order valence-electron chi connectivity index (χ1n) is 43.9. The summed E-state index contributed by atoms with van der Waals surface area (Å²) in [6, 6.07) is -2.32. The summed E-state index contributed by atoms with van der Waals surface area (Å²) in [6.07, 6.45) is 59.9. The van der Waals surface area contributed by atoms with Crippen molar-refractivity contribution in [2.24, 2.45) is 0 Å². The van der Waals surface area contributed by atoms with Gasteiger partial charge in [0.15, 0.2) is 0 Å². The van der Waals surface area contributed by atoms with Gasteiger partial charge in [0.1, 0.15) is 12.2 Å². The first-order valence-corrected chi connectivity index (χ1v) is 46.9. The largest absolute Gasteiger partial charge is 0.472 e. The van der Waals surface area contributed by atoms with E-state index in [0.717, 1.165) is 154 Å². The third-order valence-corrected chi connectivity index (χ3v) is 21.5. The van der Waals surface area contributed by atoms with Crippen LogP contribution in [0.3, 0.4) is 0 Å². The van der Waals surface area contributed by atoms with Crippen LogP contribution in [0, 0.1) is 0 Å². The Hall–Kier alpha value is -2.71. The van der Waals surface area contributed by atoms with E-state index in [4.69, 9.17) is 37.0 Å². The first kappa shape index (κ1) is 103. The monoisotopic (exact) mass is 1550 g/mol. The first-order chi connectivity index (χ1) is 51.5. The van der Waals surface area contributed by atoms with E-state index in [2.05, 4.69) is 62.8 Å². The molecular weight excluding hydrogens is 1390 g/mol. The highest BCUT2D eigenvalue weighted by atomic mass is 31.2. The van der Waals surface area contributed by atoms with E-state index in [1.54, 1.807) is 0 Å². The number of amides is 4. The lowest BCUT2D eigenvalue weighted by Crippen LogP contribution is -2.41. The van der Waals surface area contributed by atoms with Crippen molar-refractivity contribution in [3.05, 3.63) is 0 Å². The van der Waals surface area contributed by atoms with Gasteiger partial charge >= 0.3 is 33.6 Å². The van der Waals surface area contributed by atoms with Crippen molar-refractivity contribution in [3.8, 4) is 0 Å². The van der Waals surface area contributed by atoms with Crippen LogP contribution in [0.4, 0.5) is 4.79 Å². The quantitative estimate of drug-likeness (QED) is 0.0187. The fourth-order valence-corrected chi connectivity index (χ4v) is 14.5. The van der Waals surface area contributed by atoms with Gasteiger partial charge in [0.2, 0.25) is 11.8 Å². The number of unbranched alkanes of at least 4 members (excludes halogenated alkanes) is 44. The number of ether oxygens (including phenoxy) is 4. The maximum atomic E-state index is 13.3. The van der Waals surface area contributed by atoms with Gasteiger partial charge in [0.25, 0.3) is 0 Å². The average Bonchev–Trinajstić information content (AvgIpc) is 0.919. The van der Waals surface area contributed by atoms with Crippen LogP contribution in [0.5, 0.6) is 0 Å². The molecule has 0 aliphatic carbocycles. The molecule has 0 saturated heterocycles. The molecule has 0 aliphatic rings. The molecule has 0 saturated carbocycles. The molecular formula is C83H164N4O17P2. The highest BCUT2D eigenvalue weighted by Crippen LogP contribution is 2.44. The van der Waals surface area contributed by atoms with E-state index >= 15 is 0 Å². The van der Waals surface area contributed by atoms with Crippen molar-refractivity contribution < 1.29 is 79.9 Å². The molecule has 0 aliphatic heterocycles. The number of nitrogens with one attached hydrogen (secondary N) is 4. The minimum atomic E-state index is -4.70. The number of esters is 2. The molecule has 23 heteroatoms. The third kappa shape index (κ3) is 74.1. The predicted molar refractivity (Wildman–Crippen MR) is 432 cm³/mol. The second-order valence-electron chi connectivity index (χ2n) is 30.0. The molecule has 0 heterocycles. The van der Waals surface area contributed by atoms with Crippen molar-refractivity contribution in [1.82, 2.24) is 21.3 Å².